The summed E-state index contributed by atoms with van der Waals surface area (Å²) in [6, 6.07) is 8.63. The summed E-state index contributed by atoms with van der Waals surface area (Å²) in [5, 5.41) is 0. The number of ether oxygens (including phenoxy) is 1. The van der Waals surface area contributed by atoms with E-state index in [0.29, 0.717) is 0 Å². The van der Waals surface area contributed by atoms with Crippen LogP contribution in [0.4, 0.5) is 5.69 Å². The van der Waals surface area contributed by atoms with Crippen LogP contribution in [-0.4, -0.2) is 24.0 Å². The number of aromatic nitrogens is 1. The third kappa shape index (κ3) is 2.80. The average molecular weight is 328 g/mol. The second-order valence-electron chi connectivity index (χ2n) is 6.35. The Hall–Kier alpha value is -1.68. The highest BCUT2D eigenvalue weighted by Crippen LogP contribution is 2.51. The van der Waals surface area contributed by atoms with E-state index in [0.717, 1.165) is 29.8 Å². The highest BCUT2D eigenvalue weighted by atomic mass is 32.2. The van der Waals surface area contributed by atoms with Gasteiger partial charge in [0, 0.05) is 35.0 Å². The van der Waals surface area contributed by atoms with Crippen molar-refractivity contribution < 1.29 is 4.74 Å². The first-order valence-corrected chi connectivity index (χ1v) is 8.79. The fourth-order valence-corrected chi connectivity index (χ4v) is 4.64. The molecule has 0 N–H and O–H groups in total. The third-order valence-corrected chi connectivity index (χ3v) is 6.32. The minimum atomic E-state index is 0.0654. The summed E-state index contributed by atoms with van der Waals surface area (Å²) in [7, 11) is 3.92. The smallest absolute Gasteiger partial charge is 0.128 e. The Morgan fingerprint density at radius 3 is 2.70 bits per heavy atom. The number of thioether (sulfide) groups is 1. The second kappa shape index (κ2) is 6.08. The molecule has 2 heterocycles. The van der Waals surface area contributed by atoms with Crippen LogP contribution in [-0.2, 0) is 6.42 Å². The Kier molecular flexibility index (Phi) is 4.28. The number of hydrogen-bond acceptors (Lipinski definition) is 4. The average Bonchev–Trinajstić information content (AvgIpc) is 2.79. The van der Waals surface area contributed by atoms with Gasteiger partial charge in [-0.15, -0.1) is 0 Å². The van der Waals surface area contributed by atoms with Crippen LogP contribution in [0.15, 0.2) is 35.4 Å². The van der Waals surface area contributed by atoms with E-state index in [-0.39, 0.29) is 4.87 Å². The molecule has 3 rings (SSSR count). The lowest BCUT2D eigenvalue weighted by Crippen LogP contribution is -2.37. The van der Waals surface area contributed by atoms with Gasteiger partial charge in [0.1, 0.15) is 5.75 Å². The molecule has 1 aliphatic heterocycles. The zero-order valence-corrected chi connectivity index (χ0v) is 15.3. The third-order valence-electron chi connectivity index (χ3n) is 4.84. The van der Waals surface area contributed by atoms with Crippen molar-refractivity contribution in [1.82, 2.24) is 4.98 Å². The molecule has 0 fully saturated rings. The van der Waals surface area contributed by atoms with Crippen LogP contribution in [0.5, 0.6) is 5.75 Å². The van der Waals surface area contributed by atoms with E-state index in [4.69, 9.17) is 4.74 Å². The summed E-state index contributed by atoms with van der Waals surface area (Å²) in [6.45, 7) is 6.47. The lowest BCUT2D eigenvalue weighted by Gasteiger charge is -2.33. The van der Waals surface area contributed by atoms with Gasteiger partial charge in [0.05, 0.1) is 17.7 Å². The molecule has 0 saturated carbocycles. The minimum Gasteiger partial charge on any atom is -0.496 e. The molecule has 0 bridgehead atoms. The number of nitrogens with zero attached hydrogens (tertiary/aromatic N) is 2. The van der Waals surface area contributed by atoms with Crippen LogP contribution in [0.1, 0.15) is 30.2 Å². The van der Waals surface area contributed by atoms with Crippen molar-refractivity contribution in [2.45, 2.75) is 43.4 Å². The lowest BCUT2D eigenvalue weighted by molar-refractivity contribution is 0.406. The zero-order valence-electron chi connectivity index (χ0n) is 14.5. The fraction of sp³-hybridized carbons (Fsp3) is 0.421. The molecule has 0 saturated heterocycles. The zero-order chi connectivity index (χ0) is 16.6. The first kappa shape index (κ1) is 16.2. The molecule has 0 spiro atoms. The number of rotatable bonds is 4. The molecular weight excluding hydrogens is 304 g/mol. The molecule has 122 valence electrons. The van der Waals surface area contributed by atoms with E-state index in [2.05, 4.69) is 55.0 Å². The first-order chi connectivity index (χ1) is 11.0. The predicted octanol–water partition coefficient (Wildman–Crippen LogP) is 4.60. The standard InChI is InChI=1S/C19H24N2OS/c1-13-12-20-15(14(2)18(13)22-5)10-11-19(3)21(4)16-8-6-7-9-17(16)23-19/h6-9,12H,10-11H2,1-5H3. The molecule has 2 aromatic rings. The maximum absolute atomic E-state index is 5.53. The number of fused-ring (bicyclic) bond motifs is 1. The van der Waals surface area contributed by atoms with Crippen LogP contribution in [0.2, 0.25) is 0 Å². The number of anilines is 1. The van der Waals surface area contributed by atoms with Crippen LogP contribution in [0, 0.1) is 13.8 Å². The number of hydrogen-bond donors (Lipinski definition) is 0. The van der Waals surface area contributed by atoms with E-state index in [1.807, 2.05) is 24.9 Å². The van der Waals surface area contributed by atoms with E-state index in [1.54, 1.807) is 7.11 Å². The molecule has 1 unspecified atom stereocenters. The van der Waals surface area contributed by atoms with Gasteiger partial charge in [-0.3, -0.25) is 4.98 Å². The molecule has 0 amide bonds. The highest BCUT2D eigenvalue weighted by Gasteiger charge is 2.38. The summed E-state index contributed by atoms with van der Waals surface area (Å²) in [4.78, 5) is 8.47. The Morgan fingerprint density at radius 2 is 2.00 bits per heavy atom. The van der Waals surface area contributed by atoms with E-state index < -0.39 is 0 Å². The lowest BCUT2D eigenvalue weighted by atomic mass is 10.0. The molecule has 0 radical (unpaired) electrons. The number of pyridine rings is 1. The Labute approximate surface area is 143 Å². The number of para-hydroxylation sites is 1. The Bertz CT molecular complexity index is 731. The Balaban J connectivity index is 1.80. The molecule has 3 nitrogen and oxygen atoms in total. The van der Waals surface area contributed by atoms with Crippen molar-refractivity contribution in [2.24, 2.45) is 0 Å². The molecule has 4 heteroatoms. The molecule has 1 aromatic heterocycles. The van der Waals surface area contributed by atoms with Crippen LogP contribution in [0.3, 0.4) is 0 Å². The normalized spacial score (nSPS) is 19.8. The van der Waals surface area contributed by atoms with Crippen molar-refractivity contribution in [3.05, 3.63) is 47.3 Å². The SMILES string of the molecule is COc1c(C)cnc(CCC2(C)Sc3ccccc3N2C)c1C. The summed E-state index contributed by atoms with van der Waals surface area (Å²) < 4.78 is 5.53. The molecular formula is C19H24N2OS. The van der Waals surface area contributed by atoms with Crippen molar-refractivity contribution in [2.75, 3.05) is 19.1 Å². The van der Waals surface area contributed by atoms with Crippen molar-refractivity contribution in [1.29, 1.82) is 0 Å². The van der Waals surface area contributed by atoms with Gasteiger partial charge < -0.3 is 9.64 Å². The molecule has 1 aliphatic rings. The van der Waals surface area contributed by atoms with Crippen molar-refractivity contribution >= 4 is 17.4 Å². The van der Waals surface area contributed by atoms with Crippen LogP contribution >= 0.6 is 11.8 Å². The predicted molar refractivity (Wildman–Crippen MR) is 97.7 cm³/mol. The van der Waals surface area contributed by atoms with Gasteiger partial charge in [0.25, 0.3) is 0 Å². The van der Waals surface area contributed by atoms with E-state index >= 15 is 0 Å². The Morgan fingerprint density at radius 1 is 1.26 bits per heavy atom. The van der Waals surface area contributed by atoms with Crippen LogP contribution < -0.4 is 9.64 Å². The molecule has 1 aromatic carbocycles. The van der Waals surface area contributed by atoms with Crippen molar-refractivity contribution in [3.8, 4) is 5.75 Å². The topological polar surface area (TPSA) is 25.4 Å². The van der Waals surface area contributed by atoms with Gasteiger partial charge in [-0.25, -0.2) is 0 Å². The number of aryl methyl sites for hydroxylation is 2. The molecule has 1 atom stereocenters. The maximum atomic E-state index is 5.53. The summed E-state index contributed by atoms with van der Waals surface area (Å²) in [5.41, 5.74) is 4.73. The largest absolute Gasteiger partial charge is 0.496 e. The highest BCUT2D eigenvalue weighted by molar-refractivity contribution is 8.01. The molecule has 0 aliphatic carbocycles. The summed E-state index contributed by atoms with van der Waals surface area (Å²) >= 11 is 1.95. The minimum absolute atomic E-state index is 0.0654. The van der Waals surface area contributed by atoms with E-state index in [1.165, 1.54) is 16.1 Å². The van der Waals surface area contributed by atoms with Gasteiger partial charge in [0.2, 0.25) is 0 Å². The van der Waals surface area contributed by atoms with Crippen LogP contribution in [0.25, 0.3) is 0 Å². The van der Waals surface area contributed by atoms with E-state index in [9.17, 15) is 0 Å². The van der Waals surface area contributed by atoms with Crippen molar-refractivity contribution in [3.63, 3.8) is 0 Å². The van der Waals surface area contributed by atoms with Gasteiger partial charge in [0.15, 0.2) is 0 Å². The number of methoxy groups -OCH3 is 1. The number of benzene rings is 1. The van der Waals surface area contributed by atoms with Gasteiger partial charge in [-0.2, -0.15) is 0 Å². The quantitative estimate of drug-likeness (QED) is 0.819. The second-order valence-corrected chi connectivity index (χ2v) is 7.87. The maximum Gasteiger partial charge on any atom is 0.128 e. The first-order valence-electron chi connectivity index (χ1n) is 7.97. The van der Waals surface area contributed by atoms with Gasteiger partial charge in [-0.1, -0.05) is 23.9 Å². The van der Waals surface area contributed by atoms with Gasteiger partial charge >= 0.3 is 0 Å². The fourth-order valence-electron chi connectivity index (χ4n) is 3.27. The summed E-state index contributed by atoms with van der Waals surface area (Å²) in [5.74, 6) is 0.968. The van der Waals surface area contributed by atoms with Gasteiger partial charge in [-0.05, 0) is 45.7 Å². The molecule has 23 heavy (non-hydrogen) atoms. The summed E-state index contributed by atoms with van der Waals surface area (Å²) in [6.07, 6.45) is 3.91. The monoisotopic (exact) mass is 328 g/mol.